The molecule has 0 unspecified atom stereocenters. The van der Waals surface area contributed by atoms with Crippen LogP contribution in [0.5, 0.6) is 0 Å². The summed E-state index contributed by atoms with van der Waals surface area (Å²) >= 11 is 0. The SMILES string of the molecule is O=C(c1cc(CO)ccn1)N1CCc2oc(-c3cc(F)cc(F)c3)nc2C1. The first kappa shape index (κ1) is 17.3. The Hall–Kier alpha value is -3.13. The number of nitrogens with zero attached hydrogens (tertiary/aromatic N) is 3. The van der Waals surface area contributed by atoms with Gasteiger partial charge in [0.15, 0.2) is 0 Å². The number of aromatic nitrogens is 2. The third kappa shape index (κ3) is 3.43. The molecule has 1 N–H and O–H groups in total. The van der Waals surface area contributed by atoms with Gasteiger partial charge in [0.2, 0.25) is 5.89 Å². The van der Waals surface area contributed by atoms with Crippen molar-refractivity contribution >= 4 is 5.91 Å². The summed E-state index contributed by atoms with van der Waals surface area (Å²) in [5, 5.41) is 9.21. The van der Waals surface area contributed by atoms with E-state index in [0.717, 1.165) is 18.2 Å². The second-order valence-electron chi connectivity index (χ2n) is 6.23. The van der Waals surface area contributed by atoms with Gasteiger partial charge in [0.05, 0.1) is 13.2 Å². The van der Waals surface area contributed by atoms with Crippen molar-refractivity contribution in [3.63, 3.8) is 0 Å². The molecule has 3 aromatic rings. The van der Waals surface area contributed by atoms with Gasteiger partial charge in [0, 0.05) is 30.8 Å². The van der Waals surface area contributed by atoms with Crippen LogP contribution < -0.4 is 0 Å². The lowest BCUT2D eigenvalue weighted by Crippen LogP contribution is -2.36. The molecule has 0 atom stereocenters. The smallest absolute Gasteiger partial charge is 0.272 e. The summed E-state index contributed by atoms with van der Waals surface area (Å²) in [5.41, 5.74) is 1.59. The predicted molar refractivity (Wildman–Crippen MR) is 90.5 cm³/mol. The largest absolute Gasteiger partial charge is 0.441 e. The maximum absolute atomic E-state index is 13.4. The van der Waals surface area contributed by atoms with Crippen LogP contribution in [-0.4, -0.2) is 32.4 Å². The van der Waals surface area contributed by atoms with Crippen LogP contribution >= 0.6 is 0 Å². The number of halogens is 2. The minimum atomic E-state index is -0.715. The number of amides is 1. The first-order valence-electron chi connectivity index (χ1n) is 8.33. The molecule has 8 heteroatoms. The molecule has 0 radical (unpaired) electrons. The van der Waals surface area contributed by atoms with Crippen LogP contribution in [0.4, 0.5) is 8.78 Å². The van der Waals surface area contributed by atoms with Crippen LogP contribution in [0.15, 0.2) is 40.9 Å². The summed E-state index contributed by atoms with van der Waals surface area (Å²) in [6.07, 6.45) is 1.91. The lowest BCUT2D eigenvalue weighted by Gasteiger charge is -2.25. The Labute approximate surface area is 153 Å². The number of pyridine rings is 1. The molecule has 0 spiro atoms. The van der Waals surface area contributed by atoms with Crippen LogP contribution in [0.25, 0.3) is 11.5 Å². The topological polar surface area (TPSA) is 79.5 Å². The number of benzene rings is 1. The first-order chi connectivity index (χ1) is 13.0. The van der Waals surface area contributed by atoms with E-state index in [-0.39, 0.29) is 36.2 Å². The fourth-order valence-electron chi connectivity index (χ4n) is 3.02. The average molecular weight is 371 g/mol. The fourth-order valence-corrected chi connectivity index (χ4v) is 3.02. The van der Waals surface area contributed by atoms with Gasteiger partial charge >= 0.3 is 0 Å². The van der Waals surface area contributed by atoms with Crippen molar-refractivity contribution in [3.8, 4) is 11.5 Å². The summed E-state index contributed by atoms with van der Waals surface area (Å²) in [4.78, 5) is 22.6. The highest BCUT2D eigenvalue weighted by molar-refractivity contribution is 5.92. The van der Waals surface area contributed by atoms with Crippen molar-refractivity contribution in [3.05, 3.63) is 70.9 Å². The molecule has 1 amide bonds. The Morgan fingerprint density at radius 3 is 2.74 bits per heavy atom. The Morgan fingerprint density at radius 1 is 1.22 bits per heavy atom. The van der Waals surface area contributed by atoms with Gasteiger partial charge in [0.25, 0.3) is 5.91 Å². The lowest BCUT2D eigenvalue weighted by atomic mass is 10.1. The normalized spacial score (nSPS) is 13.5. The zero-order chi connectivity index (χ0) is 19.0. The van der Waals surface area contributed by atoms with Crippen LogP contribution in [0.3, 0.4) is 0 Å². The highest BCUT2D eigenvalue weighted by Gasteiger charge is 2.27. The van der Waals surface area contributed by atoms with Gasteiger partial charge in [-0.15, -0.1) is 0 Å². The van der Waals surface area contributed by atoms with Crippen molar-refractivity contribution in [2.75, 3.05) is 6.54 Å². The number of aliphatic hydroxyl groups is 1. The maximum Gasteiger partial charge on any atom is 0.272 e. The second-order valence-corrected chi connectivity index (χ2v) is 6.23. The third-order valence-corrected chi connectivity index (χ3v) is 4.35. The number of carbonyl (C=O) groups is 1. The van der Waals surface area contributed by atoms with Crippen molar-refractivity contribution in [2.24, 2.45) is 0 Å². The zero-order valence-electron chi connectivity index (χ0n) is 14.2. The van der Waals surface area contributed by atoms with Gasteiger partial charge in [-0.05, 0) is 29.8 Å². The molecular formula is C19H15F2N3O3. The predicted octanol–water partition coefficient (Wildman–Crippen LogP) is 2.71. The maximum atomic E-state index is 13.4. The van der Waals surface area contributed by atoms with E-state index in [9.17, 15) is 18.7 Å². The van der Waals surface area contributed by atoms with Gasteiger partial charge < -0.3 is 14.4 Å². The van der Waals surface area contributed by atoms with Crippen molar-refractivity contribution in [1.29, 1.82) is 0 Å². The first-order valence-corrected chi connectivity index (χ1v) is 8.33. The average Bonchev–Trinajstić information content (AvgIpc) is 3.10. The molecule has 0 saturated carbocycles. The zero-order valence-corrected chi connectivity index (χ0v) is 14.2. The summed E-state index contributed by atoms with van der Waals surface area (Å²) in [7, 11) is 0. The molecular weight excluding hydrogens is 356 g/mol. The van der Waals surface area contributed by atoms with Gasteiger partial charge in [0.1, 0.15) is 28.8 Å². The molecule has 3 heterocycles. The van der Waals surface area contributed by atoms with Gasteiger partial charge in [-0.2, -0.15) is 0 Å². The summed E-state index contributed by atoms with van der Waals surface area (Å²) < 4.78 is 32.5. The van der Waals surface area contributed by atoms with Crippen LogP contribution in [0.2, 0.25) is 0 Å². The number of carbonyl (C=O) groups excluding carboxylic acids is 1. The molecule has 2 aromatic heterocycles. The fraction of sp³-hybridized carbons (Fsp3) is 0.211. The summed E-state index contributed by atoms with van der Waals surface area (Å²) in [5.74, 6) is -0.998. The number of hydrogen-bond acceptors (Lipinski definition) is 5. The van der Waals surface area contributed by atoms with E-state index in [1.54, 1.807) is 17.0 Å². The van der Waals surface area contributed by atoms with Crippen molar-refractivity contribution in [2.45, 2.75) is 19.6 Å². The summed E-state index contributed by atoms with van der Waals surface area (Å²) in [6, 6.07) is 6.25. The van der Waals surface area contributed by atoms with E-state index in [2.05, 4.69) is 9.97 Å². The lowest BCUT2D eigenvalue weighted by molar-refractivity contribution is 0.0721. The highest BCUT2D eigenvalue weighted by atomic mass is 19.1. The number of fused-ring (bicyclic) bond motifs is 1. The molecule has 27 heavy (non-hydrogen) atoms. The molecule has 4 rings (SSSR count). The molecule has 0 saturated heterocycles. The quantitative estimate of drug-likeness (QED) is 0.766. The van der Waals surface area contributed by atoms with Gasteiger partial charge in [-0.25, -0.2) is 13.8 Å². The van der Waals surface area contributed by atoms with Crippen LogP contribution in [0.1, 0.15) is 27.5 Å². The van der Waals surface area contributed by atoms with E-state index >= 15 is 0 Å². The Bertz CT molecular complexity index is 999. The number of aliphatic hydroxyl groups excluding tert-OH is 1. The molecule has 0 aliphatic carbocycles. The molecule has 138 valence electrons. The van der Waals surface area contributed by atoms with Gasteiger partial charge in [-0.3, -0.25) is 9.78 Å². The standard InChI is InChI=1S/C19H15F2N3O3/c20-13-6-12(7-14(21)8-13)18-23-16-9-24(4-2-17(16)27-18)19(26)15-5-11(10-25)1-3-22-15/h1,3,5-8,25H,2,4,9-10H2. The molecule has 6 nitrogen and oxygen atoms in total. The Morgan fingerprint density at radius 2 is 2.00 bits per heavy atom. The molecule has 0 fully saturated rings. The van der Waals surface area contributed by atoms with E-state index < -0.39 is 11.6 Å². The number of rotatable bonds is 3. The minimum absolute atomic E-state index is 0.119. The van der Waals surface area contributed by atoms with Crippen LogP contribution in [-0.2, 0) is 19.6 Å². The highest BCUT2D eigenvalue weighted by Crippen LogP contribution is 2.27. The van der Waals surface area contributed by atoms with Gasteiger partial charge in [-0.1, -0.05) is 0 Å². The van der Waals surface area contributed by atoms with E-state index in [4.69, 9.17) is 4.42 Å². The minimum Gasteiger partial charge on any atom is -0.441 e. The monoisotopic (exact) mass is 371 g/mol. The third-order valence-electron chi connectivity index (χ3n) is 4.35. The van der Waals surface area contributed by atoms with E-state index in [1.165, 1.54) is 6.20 Å². The van der Waals surface area contributed by atoms with E-state index in [1.807, 2.05) is 0 Å². The number of oxazole rings is 1. The second kappa shape index (κ2) is 6.88. The molecule has 0 bridgehead atoms. The van der Waals surface area contributed by atoms with Crippen LogP contribution in [0, 0.1) is 11.6 Å². The Kier molecular flexibility index (Phi) is 4.41. The number of hydrogen-bond donors (Lipinski definition) is 1. The Balaban J connectivity index is 1.58. The molecule has 1 aliphatic rings. The molecule has 1 aromatic carbocycles. The van der Waals surface area contributed by atoms with Crippen molar-refractivity contribution < 1.29 is 23.1 Å². The van der Waals surface area contributed by atoms with Crippen molar-refractivity contribution in [1.82, 2.24) is 14.9 Å². The summed E-state index contributed by atoms with van der Waals surface area (Å²) in [6.45, 7) is 0.438. The molecule has 1 aliphatic heterocycles. The van der Waals surface area contributed by atoms with E-state index in [0.29, 0.717) is 30.0 Å².